The Morgan fingerprint density at radius 1 is 1.36 bits per heavy atom. The minimum atomic E-state index is -0.120. The fourth-order valence-electron chi connectivity index (χ4n) is 3.44. The summed E-state index contributed by atoms with van der Waals surface area (Å²) < 4.78 is 1.31. The number of benzene rings is 1. The summed E-state index contributed by atoms with van der Waals surface area (Å²) in [6.45, 7) is 2.24. The standard InChI is InChI=1S/C20H22N6O2/c1-25-18(27)10-17(12-24-25)26-8-5-14(13-26)11-23-20(28)16-4-2-3-15(9-16)19-21-6-7-22-19/h2-4,6-7,9-10,12,14H,5,8,11,13H2,1H3,(H,21,22)(H,23,28)/t14-/m1/s1. The number of hydrogen-bond donors (Lipinski definition) is 2. The average molecular weight is 378 g/mol. The van der Waals surface area contributed by atoms with Crippen molar-refractivity contribution in [2.75, 3.05) is 24.5 Å². The zero-order chi connectivity index (χ0) is 19.5. The van der Waals surface area contributed by atoms with Crippen molar-refractivity contribution < 1.29 is 4.79 Å². The second-order valence-corrected chi connectivity index (χ2v) is 7.00. The fraction of sp³-hybridized carbons (Fsp3) is 0.300. The predicted molar refractivity (Wildman–Crippen MR) is 106 cm³/mol. The topological polar surface area (TPSA) is 95.9 Å². The van der Waals surface area contributed by atoms with Gasteiger partial charge in [0.25, 0.3) is 11.5 Å². The summed E-state index contributed by atoms with van der Waals surface area (Å²) in [5.41, 5.74) is 2.20. The number of aromatic nitrogens is 4. The number of aromatic amines is 1. The summed E-state index contributed by atoms with van der Waals surface area (Å²) in [6, 6.07) is 9.01. The Morgan fingerprint density at radius 3 is 3.04 bits per heavy atom. The Hall–Kier alpha value is -3.42. The number of imidazole rings is 1. The van der Waals surface area contributed by atoms with Crippen LogP contribution in [0.25, 0.3) is 11.4 Å². The molecule has 0 aliphatic carbocycles. The van der Waals surface area contributed by atoms with Gasteiger partial charge in [0.2, 0.25) is 0 Å². The minimum Gasteiger partial charge on any atom is -0.370 e. The van der Waals surface area contributed by atoms with Gasteiger partial charge in [0.1, 0.15) is 5.82 Å². The van der Waals surface area contributed by atoms with Gasteiger partial charge in [-0.1, -0.05) is 12.1 Å². The monoisotopic (exact) mass is 378 g/mol. The van der Waals surface area contributed by atoms with Gasteiger partial charge in [-0.3, -0.25) is 9.59 Å². The zero-order valence-electron chi connectivity index (χ0n) is 15.6. The Balaban J connectivity index is 1.35. The molecule has 1 amide bonds. The summed E-state index contributed by atoms with van der Waals surface area (Å²) in [5, 5.41) is 7.10. The first-order valence-electron chi connectivity index (χ1n) is 9.26. The molecule has 1 aliphatic rings. The number of rotatable bonds is 5. The summed E-state index contributed by atoms with van der Waals surface area (Å²) in [4.78, 5) is 33.7. The molecule has 1 aliphatic heterocycles. The first kappa shape index (κ1) is 18.0. The van der Waals surface area contributed by atoms with Crippen LogP contribution in [0, 0.1) is 5.92 Å². The molecule has 0 radical (unpaired) electrons. The van der Waals surface area contributed by atoms with Crippen LogP contribution in [0.3, 0.4) is 0 Å². The van der Waals surface area contributed by atoms with Crippen molar-refractivity contribution in [1.29, 1.82) is 0 Å². The van der Waals surface area contributed by atoms with E-state index in [1.807, 2.05) is 18.2 Å². The van der Waals surface area contributed by atoms with Gasteiger partial charge in [-0.05, 0) is 24.5 Å². The molecule has 0 saturated carbocycles. The van der Waals surface area contributed by atoms with Crippen LogP contribution in [-0.2, 0) is 7.05 Å². The third kappa shape index (κ3) is 3.80. The lowest BCUT2D eigenvalue weighted by Crippen LogP contribution is -2.31. The predicted octanol–water partition coefficient (Wildman–Crippen LogP) is 1.43. The third-order valence-corrected chi connectivity index (χ3v) is 5.05. The number of nitrogens with one attached hydrogen (secondary N) is 2. The first-order valence-corrected chi connectivity index (χ1v) is 9.26. The van der Waals surface area contributed by atoms with Crippen LogP contribution in [0.4, 0.5) is 5.69 Å². The molecule has 2 aromatic heterocycles. The summed E-state index contributed by atoms with van der Waals surface area (Å²) in [5.74, 6) is 0.979. The highest BCUT2D eigenvalue weighted by Gasteiger charge is 2.24. The van der Waals surface area contributed by atoms with Crippen molar-refractivity contribution in [1.82, 2.24) is 25.1 Å². The Kier molecular flexibility index (Phi) is 4.92. The highest BCUT2D eigenvalue weighted by Crippen LogP contribution is 2.22. The molecule has 2 N–H and O–H groups in total. The van der Waals surface area contributed by atoms with Crippen LogP contribution in [0.5, 0.6) is 0 Å². The van der Waals surface area contributed by atoms with Gasteiger partial charge in [-0.15, -0.1) is 0 Å². The number of amides is 1. The summed E-state index contributed by atoms with van der Waals surface area (Å²) >= 11 is 0. The third-order valence-electron chi connectivity index (χ3n) is 5.05. The smallest absolute Gasteiger partial charge is 0.268 e. The molecule has 28 heavy (non-hydrogen) atoms. The van der Waals surface area contributed by atoms with E-state index in [-0.39, 0.29) is 11.5 Å². The maximum atomic E-state index is 12.5. The molecule has 8 nitrogen and oxygen atoms in total. The van der Waals surface area contributed by atoms with Crippen molar-refractivity contribution in [2.24, 2.45) is 13.0 Å². The molecule has 3 aromatic rings. The second kappa shape index (κ2) is 7.67. The van der Waals surface area contributed by atoms with Crippen LogP contribution in [0.2, 0.25) is 0 Å². The van der Waals surface area contributed by atoms with Crippen LogP contribution < -0.4 is 15.8 Å². The van der Waals surface area contributed by atoms with E-state index >= 15 is 0 Å². The van der Waals surface area contributed by atoms with Gasteiger partial charge < -0.3 is 15.2 Å². The van der Waals surface area contributed by atoms with E-state index in [9.17, 15) is 9.59 Å². The largest absolute Gasteiger partial charge is 0.370 e. The molecule has 0 spiro atoms. The SMILES string of the molecule is Cn1ncc(N2CC[C@H](CNC(=O)c3cccc(-c4ncc[nH]4)c3)C2)cc1=O. The fourth-order valence-corrected chi connectivity index (χ4v) is 3.44. The summed E-state index contributed by atoms with van der Waals surface area (Å²) in [7, 11) is 1.63. The molecular formula is C20H22N6O2. The molecule has 1 saturated heterocycles. The van der Waals surface area contributed by atoms with Crippen molar-refractivity contribution in [3.05, 3.63) is 64.8 Å². The quantitative estimate of drug-likeness (QED) is 0.700. The second-order valence-electron chi connectivity index (χ2n) is 7.00. The van der Waals surface area contributed by atoms with E-state index in [1.54, 1.807) is 37.8 Å². The Labute approximate surface area is 162 Å². The maximum absolute atomic E-state index is 12.5. The van der Waals surface area contributed by atoms with Gasteiger partial charge in [0.15, 0.2) is 0 Å². The van der Waals surface area contributed by atoms with Gasteiger partial charge in [-0.2, -0.15) is 5.10 Å². The van der Waals surface area contributed by atoms with Crippen LogP contribution in [-0.4, -0.2) is 45.3 Å². The Bertz CT molecular complexity index is 1030. The highest BCUT2D eigenvalue weighted by molar-refractivity contribution is 5.95. The lowest BCUT2D eigenvalue weighted by Gasteiger charge is -2.18. The number of H-pyrrole nitrogens is 1. The molecular weight excluding hydrogens is 356 g/mol. The Morgan fingerprint density at radius 2 is 2.25 bits per heavy atom. The lowest BCUT2D eigenvalue weighted by molar-refractivity contribution is 0.0948. The van der Waals surface area contributed by atoms with E-state index in [0.29, 0.717) is 18.0 Å². The van der Waals surface area contributed by atoms with Gasteiger partial charge in [0.05, 0.1) is 11.9 Å². The number of anilines is 1. The van der Waals surface area contributed by atoms with E-state index in [0.717, 1.165) is 36.6 Å². The molecule has 1 aromatic carbocycles. The number of nitrogens with zero attached hydrogens (tertiary/aromatic N) is 4. The van der Waals surface area contributed by atoms with E-state index in [1.165, 1.54) is 4.68 Å². The van der Waals surface area contributed by atoms with E-state index < -0.39 is 0 Å². The van der Waals surface area contributed by atoms with Gasteiger partial charge in [0, 0.05) is 56.3 Å². The van der Waals surface area contributed by atoms with Crippen molar-refractivity contribution >= 4 is 11.6 Å². The number of aryl methyl sites for hydroxylation is 1. The number of carbonyl (C=O) groups is 1. The van der Waals surface area contributed by atoms with Crippen LogP contribution >= 0.6 is 0 Å². The molecule has 3 heterocycles. The number of carbonyl (C=O) groups excluding carboxylic acids is 1. The maximum Gasteiger partial charge on any atom is 0.268 e. The van der Waals surface area contributed by atoms with Gasteiger partial charge >= 0.3 is 0 Å². The molecule has 1 fully saturated rings. The summed E-state index contributed by atoms with van der Waals surface area (Å²) in [6.07, 6.45) is 6.11. The molecule has 8 heteroatoms. The number of hydrogen-bond acceptors (Lipinski definition) is 5. The van der Waals surface area contributed by atoms with E-state index in [2.05, 4.69) is 25.3 Å². The van der Waals surface area contributed by atoms with Crippen LogP contribution in [0.15, 0.2) is 53.7 Å². The molecule has 0 bridgehead atoms. The van der Waals surface area contributed by atoms with E-state index in [4.69, 9.17) is 0 Å². The zero-order valence-corrected chi connectivity index (χ0v) is 15.6. The van der Waals surface area contributed by atoms with Crippen molar-refractivity contribution in [3.8, 4) is 11.4 Å². The first-order chi connectivity index (χ1) is 13.6. The molecule has 4 rings (SSSR count). The molecule has 144 valence electrons. The lowest BCUT2D eigenvalue weighted by atomic mass is 10.1. The van der Waals surface area contributed by atoms with Crippen molar-refractivity contribution in [2.45, 2.75) is 6.42 Å². The van der Waals surface area contributed by atoms with Crippen LogP contribution in [0.1, 0.15) is 16.8 Å². The molecule has 0 unspecified atom stereocenters. The van der Waals surface area contributed by atoms with Gasteiger partial charge in [-0.25, -0.2) is 9.67 Å². The molecule has 1 atom stereocenters. The normalized spacial score (nSPS) is 16.3. The highest BCUT2D eigenvalue weighted by atomic mass is 16.1. The minimum absolute atomic E-state index is 0.0953. The average Bonchev–Trinajstić information content (AvgIpc) is 3.40. The van der Waals surface area contributed by atoms with Crippen molar-refractivity contribution in [3.63, 3.8) is 0 Å².